The molecule has 8 heteroatoms. The number of hydrogen-bond donors (Lipinski definition) is 1. The fourth-order valence-electron chi connectivity index (χ4n) is 2.51. The summed E-state index contributed by atoms with van der Waals surface area (Å²) in [4.78, 5) is 34.3. The molecule has 2 amide bonds. The van der Waals surface area contributed by atoms with Crippen LogP contribution in [0.1, 0.15) is 35.9 Å². The second-order valence-corrected chi connectivity index (χ2v) is 6.02. The number of nitrogens with zero attached hydrogens (tertiary/aromatic N) is 3. The van der Waals surface area contributed by atoms with E-state index in [-0.39, 0.29) is 18.2 Å². The van der Waals surface area contributed by atoms with E-state index < -0.39 is 5.91 Å². The normalized spacial score (nSPS) is 14.3. The first-order valence-corrected chi connectivity index (χ1v) is 8.37. The molecule has 27 heavy (non-hydrogen) atoms. The number of amides is 2. The van der Waals surface area contributed by atoms with Crippen LogP contribution in [-0.4, -0.2) is 41.6 Å². The molecule has 0 bridgehead atoms. The van der Waals surface area contributed by atoms with Gasteiger partial charge in [0.05, 0.1) is 6.21 Å². The predicted octanol–water partition coefficient (Wildman–Crippen LogP) is 2.21. The van der Waals surface area contributed by atoms with Gasteiger partial charge in [-0.15, -0.1) is 0 Å². The summed E-state index contributed by atoms with van der Waals surface area (Å²) in [6.45, 7) is 1.66. The van der Waals surface area contributed by atoms with Crippen LogP contribution in [0.25, 0.3) is 11.3 Å². The third kappa shape index (κ3) is 4.75. The number of benzene rings is 1. The maximum Gasteiger partial charge on any atom is 0.261 e. The smallest absolute Gasteiger partial charge is 0.261 e. The molecule has 138 valence electrons. The fourth-order valence-corrected chi connectivity index (χ4v) is 2.51. The molecule has 1 aromatic carbocycles. The van der Waals surface area contributed by atoms with Crippen LogP contribution in [0.2, 0.25) is 0 Å². The predicted molar refractivity (Wildman–Crippen MR) is 99.3 cm³/mol. The molecule has 1 aromatic heterocycles. The average Bonchev–Trinajstić information content (AvgIpc) is 3.14. The highest BCUT2D eigenvalue weighted by Crippen LogP contribution is 2.21. The molecule has 0 spiro atoms. The van der Waals surface area contributed by atoms with Crippen LogP contribution in [0, 0.1) is 0 Å². The van der Waals surface area contributed by atoms with Crippen molar-refractivity contribution in [3.8, 4) is 11.3 Å². The second-order valence-electron chi connectivity index (χ2n) is 6.02. The van der Waals surface area contributed by atoms with Crippen molar-refractivity contribution in [3.05, 3.63) is 47.7 Å². The summed E-state index contributed by atoms with van der Waals surface area (Å²) in [7, 11) is 0. The van der Waals surface area contributed by atoms with Crippen LogP contribution < -0.4 is 5.43 Å². The molecule has 8 nitrogen and oxygen atoms in total. The lowest BCUT2D eigenvalue weighted by Crippen LogP contribution is -2.38. The van der Waals surface area contributed by atoms with Gasteiger partial charge in [0, 0.05) is 17.7 Å². The standard InChI is InChI=1S/C19H18N4O4/c1-13-2-9-19(26)23(22-13)11-18(25)21-20-10-14-3-5-15(6-4-14)17-8-7-16(12-24)27-17/h3-8,10,12H,2,9,11H2,1H3,(H,21,25)/b20-10+. The van der Waals surface area contributed by atoms with E-state index in [0.29, 0.717) is 24.9 Å². The number of hydrogen-bond acceptors (Lipinski definition) is 6. The van der Waals surface area contributed by atoms with Crippen LogP contribution in [0.15, 0.2) is 51.0 Å². The highest BCUT2D eigenvalue weighted by atomic mass is 16.3. The minimum absolute atomic E-state index is 0.163. The quantitative estimate of drug-likeness (QED) is 0.481. The van der Waals surface area contributed by atoms with Gasteiger partial charge in [-0.2, -0.15) is 10.2 Å². The highest BCUT2D eigenvalue weighted by Gasteiger charge is 2.20. The number of aldehydes is 1. The van der Waals surface area contributed by atoms with Crippen LogP contribution >= 0.6 is 0 Å². The lowest BCUT2D eigenvalue weighted by Gasteiger charge is -2.21. The summed E-state index contributed by atoms with van der Waals surface area (Å²) in [6, 6.07) is 10.6. The molecule has 0 saturated carbocycles. The van der Waals surface area contributed by atoms with Gasteiger partial charge in [0.15, 0.2) is 12.0 Å². The molecule has 1 aliphatic heterocycles. The van der Waals surface area contributed by atoms with E-state index in [4.69, 9.17) is 4.42 Å². The summed E-state index contributed by atoms with van der Waals surface area (Å²) in [5, 5.41) is 9.13. The Hall–Kier alpha value is -3.55. The zero-order valence-corrected chi connectivity index (χ0v) is 14.7. The molecule has 0 fully saturated rings. The van der Waals surface area contributed by atoms with E-state index in [1.165, 1.54) is 6.21 Å². The summed E-state index contributed by atoms with van der Waals surface area (Å²) in [5.74, 6) is 0.263. The molecular formula is C19H18N4O4. The topological polar surface area (TPSA) is 104 Å². The molecule has 1 aliphatic rings. The second kappa shape index (κ2) is 8.22. The van der Waals surface area contributed by atoms with E-state index in [1.54, 1.807) is 24.3 Å². The third-order valence-corrected chi connectivity index (χ3v) is 3.91. The third-order valence-electron chi connectivity index (χ3n) is 3.91. The Labute approximate surface area is 155 Å². The molecule has 1 N–H and O–H groups in total. The van der Waals surface area contributed by atoms with Gasteiger partial charge >= 0.3 is 0 Å². The molecule has 2 aromatic rings. The number of carbonyl (C=O) groups excluding carboxylic acids is 3. The molecular weight excluding hydrogens is 348 g/mol. The van der Waals surface area contributed by atoms with Crippen molar-refractivity contribution in [1.82, 2.24) is 10.4 Å². The van der Waals surface area contributed by atoms with Gasteiger partial charge < -0.3 is 4.42 Å². The molecule has 0 radical (unpaired) electrons. The van der Waals surface area contributed by atoms with Crippen LogP contribution in [0.5, 0.6) is 0 Å². The molecule has 3 rings (SSSR count). The van der Waals surface area contributed by atoms with Gasteiger partial charge in [0.2, 0.25) is 5.91 Å². The van der Waals surface area contributed by atoms with Gasteiger partial charge in [0.1, 0.15) is 12.3 Å². The van der Waals surface area contributed by atoms with Crippen molar-refractivity contribution in [3.63, 3.8) is 0 Å². The van der Waals surface area contributed by atoms with E-state index in [2.05, 4.69) is 15.6 Å². The van der Waals surface area contributed by atoms with Crippen LogP contribution in [-0.2, 0) is 9.59 Å². The van der Waals surface area contributed by atoms with Crippen molar-refractivity contribution in [2.24, 2.45) is 10.2 Å². The van der Waals surface area contributed by atoms with Gasteiger partial charge in [-0.1, -0.05) is 24.3 Å². The zero-order chi connectivity index (χ0) is 19.2. The summed E-state index contributed by atoms with van der Waals surface area (Å²) in [6.07, 6.45) is 3.13. The minimum atomic E-state index is -0.424. The number of nitrogens with one attached hydrogen (secondary N) is 1. The van der Waals surface area contributed by atoms with Crippen LogP contribution in [0.3, 0.4) is 0 Å². The van der Waals surface area contributed by atoms with Gasteiger partial charge in [0.25, 0.3) is 5.91 Å². The van der Waals surface area contributed by atoms with Gasteiger partial charge in [-0.3, -0.25) is 14.4 Å². The summed E-state index contributed by atoms with van der Waals surface area (Å²) in [5.41, 5.74) is 4.79. The Morgan fingerprint density at radius 1 is 1.26 bits per heavy atom. The van der Waals surface area contributed by atoms with Crippen molar-refractivity contribution >= 4 is 30.0 Å². The first kappa shape index (κ1) is 18.2. The number of hydrazone groups is 2. The van der Waals surface area contributed by atoms with Crippen molar-refractivity contribution in [2.45, 2.75) is 19.8 Å². The maximum atomic E-state index is 11.9. The summed E-state index contributed by atoms with van der Waals surface area (Å²) >= 11 is 0. The SMILES string of the molecule is CC1=NN(CC(=O)N/N=C/c2ccc(-c3ccc(C=O)o3)cc2)C(=O)CC1. The van der Waals surface area contributed by atoms with Gasteiger partial charge in [-0.05, 0) is 31.0 Å². The number of furan rings is 1. The zero-order valence-electron chi connectivity index (χ0n) is 14.7. The largest absolute Gasteiger partial charge is 0.453 e. The first-order valence-electron chi connectivity index (χ1n) is 8.37. The lowest BCUT2D eigenvalue weighted by molar-refractivity contribution is -0.136. The van der Waals surface area contributed by atoms with Crippen molar-refractivity contribution in [2.75, 3.05) is 6.54 Å². The fraction of sp³-hybridized carbons (Fsp3) is 0.211. The van der Waals surface area contributed by atoms with E-state index in [1.807, 2.05) is 19.1 Å². The van der Waals surface area contributed by atoms with E-state index in [0.717, 1.165) is 21.8 Å². The van der Waals surface area contributed by atoms with Crippen LogP contribution in [0.4, 0.5) is 0 Å². The minimum Gasteiger partial charge on any atom is -0.453 e. The molecule has 0 saturated heterocycles. The Morgan fingerprint density at radius 3 is 2.74 bits per heavy atom. The Bertz CT molecular complexity index is 912. The number of rotatable bonds is 6. The van der Waals surface area contributed by atoms with E-state index in [9.17, 15) is 14.4 Å². The average molecular weight is 366 g/mol. The van der Waals surface area contributed by atoms with Gasteiger partial charge in [-0.25, -0.2) is 10.4 Å². The first-order chi connectivity index (χ1) is 13.0. The lowest BCUT2D eigenvalue weighted by atomic mass is 10.1. The number of carbonyl (C=O) groups is 3. The molecule has 0 atom stereocenters. The highest BCUT2D eigenvalue weighted by molar-refractivity contribution is 5.93. The maximum absolute atomic E-state index is 11.9. The molecule has 0 aliphatic carbocycles. The van der Waals surface area contributed by atoms with Crippen molar-refractivity contribution < 1.29 is 18.8 Å². The monoisotopic (exact) mass is 366 g/mol. The van der Waals surface area contributed by atoms with E-state index >= 15 is 0 Å². The van der Waals surface area contributed by atoms with Crippen molar-refractivity contribution in [1.29, 1.82) is 0 Å². The summed E-state index contributed by atoms with van der Waals surface area (Å²) < 4.78 is 5.36. The molecule has 2 heterocycles. The molecule has 0 unspecified atom stereocenters. The Balaban J connectivity index is 1.55. The Morgan fingerprint density at radius 2 is 2.04 bits per heavy atom. The Kier molecular flexibility index (Phi) is 5.55.